The van der Waals surface area contributed by atoms with Crippen LogP contribution in [0, 0.1) is 5.92 Å². The highest BCUT2D eigenvalue weighted by molar-refractivity contribution is 6.33. The molecule has 1 aliphatic rings. The zero-order chi connectivity index (χ0) is 17.9. The van der Waals surface area contributed by atoms with Crippen LogP contribution < -0.4 is 10.1 Å². The molecule has 1 aliphatic heterocycles. The molecule has 4 rings (SSSR count). The predicted molar refractivity (Wildman–Crippen MR) is 101 cm³/mol. The molecule has 2 aromatic carbocycles. The first-order chi connectivity index (χ1) is 12.7. The Hall–Kier alpha value is -2.72. The van der Waals surface area contributed by atoms with Crippen LogP contribution in [-0.4, -0.2) is 19.1 Å². The van der Waals surface area contributed by atoms with E-state index in [-0.39, 0.29) is 17.6 Å². The van der Waals surface area contributed by atoms with Gasteiger partial charge in [0.05, 0.1) is 11.6 Å². The number of carbonyl (C=O) groups is 1. The highest BCUT2D eigenvalue weighted by Gasteiger charge is 2.21. The topological polar surface area (TPSA) is 51.5 Å². The number of fused-ring (bicyclic) bond motifs is 1. The average molecular weight is 368 g/mol. The van der Waals surface area contributed by atoms with Gasteiger partial charge >= 0.3 is 0 Å². The molecule has 26 heavy (non-hydrogen) atoms. The van der Waals surface area contributed by atoms with E-state index < -0.39 is 0 Å². The van der Waals surface area contributed by atoms with E-state index in [2.05, 4.69) is 11.4 Å². The number of nitrogens with one attached hydrogen (secondary N) is 1. The number of amides is 1. The predicted octanol–water partition coefficient (Wildman–Crippen LogP) is 4.58. The summed E-state index contributed by atoms with van der Waals surface area (Å²) in [4.78, 5) is 12.4. The van der Waals surface area contributed by atoms with Gasteiger partial charge in [0.15, 0.2) is 5.76 Å². The lowest BCUT2D eigenvalue weighted by molar-refractivity contribution is 0.0912. The van der Waals surface area contributed by atoms with Crippen molar-refractivity contribution in [1.29, 1.82) is 0 Å². The van der Waals surface area contributed by atoms with Gasteiger partial charge in [-0.2, -0.15) is 0 Å². The summed E-state index contributed by atoms with van der Waals surface area (Å²) in [5.74, 6) is 1.80. The average Bonchev–Trinajstić information content (AvgIpc) is 3.16. The molecule has 1 unspecified atom stereocenters. The summed E-state index contributed by atoms with van der Waals surface area (Å²) in [5.41, 5.74) is 1.95. The summed E-state index contributed by atoms with van der Waals surface area (Å²) in [6.45, 7) is 1.13. The van der Waals surface area contributed by atoms with Gasteiger partial charge < -0.3 is 14.5 Å². The largest absolute Gasteiger partial charge is 0.493 e. The van der Waals surface area contributed by atoms with Crippen LogP contribution in [0.3, 0.4) is 0 Å². The number of carbonyl (C=O) groups excluding carboxylic acids is 1. The van der Waals surface area contributed by atoms with Gasteiger partial charge in [-0.3, -0.25) is 4.79 Å². The van der Waals surface area contributed by atoms with Crippen molar-refractivity contribution in [3.8, 4) is 17.1 Å². The summed E-state index contributed by atoms with van der Waals surface area (Å²) in [6.07, 6.45) is 0.888. The second kappa shape index (κ2) is 7.26. The van der Waals surface area contributed by atoms with Crippen LogP contribution in [0.15, 0.2) is 65.1 Å². The molecule has 0 aliphatic carbocycles. The van der Waals surface area contributed by atoms with E-state index in [0.29, 0.717) is 23.9 Å². The molecule has 0 bridgehead atoms. The number of halogens is 1. The molecule has 4 nitrogen and oxygen atoms in total. The molecule has 1 atom stereocenters. The van der Waals surface area contributed by atoms with Crippen molar-refractivity contribution >= 4 is 17.5 Å². The highest BCUT2D eigenvalue weighted by atomic mass is 35.5. The van der Waals surface area contributed by atoms with Gasteiger partial charge in [0.25, 0.3) is 5.91 Å². The first-order valence-corrected chi connectivity index (χ1v) is 8.92. The first-order valence-electron chi connectivity index (χ1n) is 8.54. The summed E-state index contributed by atoms with van der Waals surface area (Å²) < 4.78 is 11.4. The number of hydrogen-bond donors (Lipinski definition) is 1. The molecule has 5 heteroatoms. The van der Waals surface area contributed by atoms with Gasteiger partial charge in [-0.1, -0.05) is 41.9 Å². The second-order valence-electron chi connectivity index (χ2n) is 6.34. The van der Waals surface area contributed by atoms with Crippen molar-refractivity contribution in [3.05, 3.63) is 77.0 Å². The fourth-order valence-electron chi connectivity index (χ4n) is 3.11. The number of para-hydroxylation sites is 1. The van der Waals surface area contributed by atoms with Crippen molar-refractivity contribution < 1.29 is 13.9 Å². The molecule has 1 N–H and O–H groups in total. The molecule has 0 spiro atoms. The van der Waals surface area contributed by atoms with E-state index in [1.54, 1.807) is 18.2 Å². The third-order valence-electron chi connectivity index (χ3n) is 4.48. The normalized spacial score (nSPS) is 15.8. The van der Waals surface area contributed by atoms with Gasteiger partial charge in [-0.15, -0.1) is 0 Å². The van der Waals surface area contributed by atoms with Crippen LogP contribution in [0.1, 0.15) is 16.1 Å². The zero-order valence-electron chi connectivity index (χ0n) is 14.1. The molecule has 1 amide bonds. The summed E-state index contributed by atoms with van der Waals surface area (Å²) in [7, 11) is 0. The smallest absolute Gasteiger partial charge is 0.287 e. The Morgan fingerprint density at radius 1 is 1.08 bits per heavy atom. The Kier molecular flexibility index (Phi) is 4.67. The SMILES string of the molecule is O=C(NCC1COc2ccccc2C1)c1ccc(-c2ccccc2Cl)o1. The maximum absolute atomic E-state index is 12.4. The number of rotatable bonds is 4. The van der Waals surface area contributed by atoms with Crippen LogP contribution >= 0.6 is 11.6 Å². The van der Waals surface area contributed by atoms with Gasteiger partial charge in [-0.25, -0.2) is 0 Å². The van der Waals surface area contributed by atoms with Crippen LogP contribution in [0.25, 0.3) is 11.3 Å². The third kappa shape index (κ3) is 3.46. The van der Waals surface area contributed by atoms with E-state index in [9.17, 15) is 4.79 Å². The maximum atomic E-state index is 12.4. The molecule has 132 valence electrons. The standard InChI is InChI=1S/C21H18ClNO3/c22-17-7-3-2-6-16(17)19-9-10-20(26-19)21(24)23-12-14-11-15-5-1-4-8-18(15)25-13-14/h1-10,14H,11-13H2,(H,23,24). The van der Waals surface area contributed by atoms with Crippen molar-refractivity contribution in [2.75, 3.05) is 13.2 Å². The minimum absolute atomic E-state index is 0.234. The molecule has 0 saturated carbocycles. The molecule has 1 aromatic heterocycles. The molecule has 3 aromatic rings. The highest BCUT2D eigenvalue weighted by Crippen LogP contribution is 2.29. The van der Waals surface area contributed by atoms with E-state index in [0.717, 1.165) is 17.7 Å². The fourth-order valence-corrected chi connectivity index (χ4v) is 3.34. The van der Waals surface area contributed by atoms with E-state index >= 15 is 0 Å². The fraction of sp³-hybridized carbons (Fsp3) is 0.190. The van der Waals surface area contributed by atoms with Gasteiger partial charge in [0, 0.05) is 18.0 Å². The van der Waals surface area contributed by atoms with Gasteiger partial charge in [0.1, 0.15) is 11.5 Å². The lowest BCUT2D eigenvalue weighted by Gasteiger charge is -2.25. The van der Waals surface area contributed by atoms with Crippen LogP contribution in [0.4, 0.5) is 0 Å². The van der Waals surface area contributed by atoms with Crippen molar-refractivity contribution in [2.24, 2.45) is 5.92 Å². The summed E-state index contributed by atoms with van der Waals surface area (Å²) in [6, 6.07) is 18.8. The Balaban J connectivity index is 1.38. The monoisotopic (exact) mass is 367 g/mol. The second-order valence-corrected chi connectivity index (χ2v) is 6.75. The Morgan fingerprint density at radius 2 is 1.88 bits per heavy atom. The number of hydrogen-bond acceptors (Lipinski definition) is 3. The zero-order valence-corrected chi connectivity index (χ0v) is 14.8. The minimum Gasteiger partial charge on any atom is -0.493 e. The van der Waals surface area contributed by atoms with Crippen molar-refractivity contribution in [2.45, 2.75) is 6.42 Å². The van der Waals surface area contributed by atoms with E-state index in [4.69, 9.17) is 20.8 Å². The molecular weight excluding hydrogens is 350 g/mol. The lowest BCUT2D eigenvalue weighted by Crippen LogP contribution is -2.34. The molecule has 0 saturated heterocycles. The molecule has 0 fully saturated rings. The summed E-state index contributed by atoms with van der Waals surface area (Å²) >= 11 is 6.18. The van der Waals surface area contributed by atoms with Crippen LogP contribution in [0.2, 0.25) is 5.02 Å². The quantitative estimate of drug-likeness (QED) is 0.734. The van der Waals surface area contributed by atoms with Crippen LogP contribution in [0.5, 0.6) is 5.75 Å². The van der Waals surface area contributed by atoms with Gasteiger partial charge in [-0.05, 0) is 42.3 Å². The maximum Gasteiger partial charge on any atom is 0.287 e. The van der Waals surface area contributed by atoms with Gasteiger partial charge in [0.2, 0.25) is 0 Å². The number of benzene rings is 2. The molecule has 0 radical (unpaired) electrons. The third-order valence-corrected chi connectivity index (χ3v) is 4.81. The minimum atomic E-state index is -0.234. The van der Waals surface area contributed by atoms with Crippen molar-refractivity contribution in [3.63, 3.8) is 0 Å². The van der Waals surface area contributed by atoms with E-state index in [1.807, 2.05) is 36.4 Å². The number of ether oxygens (including phenoxy) is 1. The van der Waals surface area contributed by atoms with Crippen LogP contribution in [-0.2, 0) is 6.42 Å². The van der Waals surface area contributed by atoms with Crippen molar-refractivity contribution in [1.82, 2.24) is 5.32 Å². The lowest BCUT2D eigenvalue weighted by atomic mass is 9.97. The molecular formula is C21H18ClNO3. The Bertz CT molecular complexity index is 934. The first kappa shape index (κ1) is 16.7. The summed E-state index contributed by atoms with van der Waals surface area (Å²) in [5, 5.41) is 3.52. The molecule has 2 heterocycles. The Labute approximate surface area is 156 Å². The number of furan rings is 1. The van der Waals surface area contributed by atoms with E-state index in [1.165, 1.54) is 5.56 Å². The Morgan fingerprint density at radius 3 is 2.77 bits per heavy atom.